The lowest BCUT2D eigenvalue weighted by Gasteiger charge is -2.32. The zero-order valence-electron chi connectivity index (χ0n) is 28.7. The van der Waals surface area contributed by atoms with Gasteiger partial charge in [0, 0.05) is 0 Å². The molecule has 0 unspecified atom stereocenters. The molecule has 0 N–H and O–H groups in total. The van der Waals surface area contributed by atoms with Gasteiger partial charge in [-0.05, 0) is 86.7 Å². The first kappa shape index (κ1) is 34.0. The molecule has 1 fully saturated rings. The third kappa shape index (κ3) is 8.88. The van der Waals surface area contributed by atoms with Gasteiger partial charge in [-0.25, -0.2) is 0 Å². The van der Waals surface area contributed by atoms with Crippen LogP contribution in [0, 0.1) is 0 Å². The first-order valence-corrected chi connectivity index (χ1v) is 18.1. The van der Waals surface area contributed by atoms with Crippen LogP contribution in [0.1, 0.15) is 168 Å². The number of rotatable bonds is 19. The van der Waals surface area contributed by atoms with Gasteiger partial charge in [-0.1, -0.05) is 152 Å². The fourth-order valence-electron chi connectivity index (χ4n) is 6.91. The predicted molar refractivity (Wildman–Crippen MR) is 188 cm³/mol. The SMILES string of the molecule is CCCCCCCCCCC(CCCCCCCCCC)=C1c2ccccc2-c2ccc(B3OC(C)(C)C(C)(C)O3)cc21. The minimum atomic E-state index is -0.337. The van der Waals surface area contributed by atoms with Crippen molar-refractivity contribution in [2.24, 2.45) is 0 Å². The zero-order chi connectivity index (χ0) is 30.7. The van der Waals surface area contributed by atoms with E-state index >= 15 is 0 Å². The molecule has 4 rings (SSSR count). The molecule has 0 bridgehead atoms. The standard InChI is InChI=1S/C40H61BO2/c1-7-9-11-13-15-17-19-21-25-32(26-22-20-18-16-14-12-10-8-2)38-36-28-24-23-27-34(36)35-30-29-33(31-37(35)38)41-42-39(3,4)40(5,6)43-41/h23-24,27-31H,7-22,25-26H2,1-6H3. The third-order valence-electron chi connectivity index (χ3n) is 10.3. The van der Waals surface area contributed by atoms with Crippen LogP contribution < -0.4 is 5.46 Å². The highest BCUT2D eigenvalue weighted by Crippen LogP contribution is 2.47. The van der Waals surface area contributed by atoms with E-state index in [1.165, 1.54) is 143 Å². The van der Waals surface area contributed by atoms with Crippen LogP contribution >= 0.6 is 0 Å². The van der Waals surface area contributed by atoms with Gasteiger partial charge in [0.1, 0.15) is 0 Å². The molecular formula is C40H61BO2. The number of hydrogen-bond donors (Lipinski definition) is 0. The van der Waals surface area contributed by atoms with Crippen LogP contribution in [-0.4, -0.2) is 18.3 Å². The molecule has 1 aliphatic heterocycles. The van der Waals surface area contributed by atoms with Crippen LogP contribution in [0.15, 0.2) is 48.0 Å². The molecule has 0 atom stereocenters. The summed E-state index contributed by atoms with van der Waals surface area (Å²) in [7, 11) is -0.330. The molecule has 43 heavy (non-hydrogen) atoms. The molecule has 3 heteroatoms. The Labute approximate surface area is 265 Å². The van der Waals surface area contributed by atoms with Crippen molar-refractivity contribution in [1.82, 2.24) is 0 Å². The Balaban J connectivity index is 1.55. The van der Waals surface area contributed by atoms with Crippen molar-refractivity contribution in [3.05, 3.63) is 59.2 Å². The molecule has 2 nitrogen and oxygen atoms in total. The molecule has 2 aliphatic rings. The maximum atomic E-state index is 6.50. The van der Waals surface area contributed by atoms with Crippen LogP contribution in [0.3, 0.4) is 0 Å². The van der Waals surface area contributed by atoms with Gasteiger partial charge >= 0.3 is 7.12 Å². The second kappa shape index (κ2) is 16.5. The van der Waals surface area contributed by atoms with Crippen molar-refractivity contribution in [1.29, 1.82) is 0 Å². The largest absolute Gasteiger partial charge is 0.494 e. The van der Waals surface area contributed by atoms with E-state index in [1.807, 2.05) is 0 Å². The Morgan fingerprint density at radius 1 is 0.535 bits per heavy atom. The number of fused-ring (bicyclic) bond motifs is 3. The molecule has 2 aromatic carbocycles. The molecular weight excluding hydrogens is 523 g/mol. The van der Waals surface area contributed by atoms with E-state index in [0.29, 0.717) is 0 Å². The lowest BCUT2D eigenvalue weighted by atomic mass is 9.77. The highest BCUT2D eigenvalue weighted by atomic mass is 16.7. The van der Waals surface area contributed by atoms with Crippen LogP contribution in [-0.2, 0) is 9.31 Å². The highest BCUT2D eigenvalue weighted by molar-refractivity contribution is 6.62. The first-order valence-electron chi connectivity index (χ1n) is 18.1. The first-order chi connectivity index (χ1) is 20.8. The summed E-state index contributed by atoms with van der Waals surface area (Å²) in [5, 5.41) is 0. The van der Waals surface area contributed by atoms with Crippen molar-refractivity contribution >= 4 is 18.2 Å². The molecule has 1 aliphatic carbocycles. The van der Waals surface area contributed by atoms with Crippen molar-refractivity contribution in [3.8, 4) is 11.1 Å². The van der Waals surface area contributed by atoms with E-state index in [0.717, 1.165) is 5.46 Å². The Morgan fingerprint density at radius 2 is 0.977 bits per heavy atom. The quantitative estimate of drug-likeness (QED) is 0.103. The summed E-state index contributed by atoms with van der Waals surface area (Å²) in [5.41, 5.74) is 9.23. The monoisotopic (exact) mass is 584 g/mol. The minimum absolute atomic E-state index is 0.330. The van der Waals surface area contributed by atoms with Gasteiger partial charge in [-0.15, -0.1) is 0 Å². The maximum absolute atomic E-state index is 6.50. The average molecular weight is 585 g/mol. The normalized spacial score (nSPS) is 16.5. The molecule has 0 amide bonds. The second-order valence-corrected chi connectivity index (χ2v) is 14.4. The summed E-state index contributed by atoms with van der Waals surface area (Å²) < 4.78 is 13.0. The van der Waals surface area contributed by atoms with E-state index in [2.05, 4.69) is 84.0 Å². The lowest BCUT2D eigenvalue weighted by Crippen LogP contribution is -2.41. The summed E-state index contributed by atoms with van der Waals surface area (Å²) in [6, 6.07) is 16.1. The van der Waals surface area contributed by atoms with Crippen LogP contribution in [0.5, 0.6) is 0 Å². The van der Waals surface area contributed by atoms with E-state index in [9.17, 15) is 0 Å². The predicted octanol–water partition coefficient (Wildman–Crippen LogP) is 11.8. The van der Waals surface area contributed by atoms with Crippen molar-refractivity contribution < 1.29 is 9.31 Å². The van der Waals surface area contributed by atoms with E-state index in [-0.39, 0.29) is 18.3 Å². The number of allylic oxidation sites excluding steroid dienone is 1. The molecule has 1 saturated heterocycles. The summed E-state index contributed by atoms with van der Waals surface area (Å²) >= 11 is 0. The second-order valence-electron chi connectivity index (χ2n) is 14.4. The Bertz CT molecular complexity index is 1140. The zero-order valence-corrected chi connectivity index (χ0v) is 28.7. The van der Waals surface area contributed by atoms with Crippen LogP contribution in [0.25, 0.3) is 16.7 Å². The molecule has 1 heterocycles. The van der Waals surface area contributed by atoms with Gasteiger partial charge in [0.15, 0.2) is 0 Å². The molecule has 0 saturated carbocycles. The third-order valence-corrected chi connectivity index (χ3v) is 10.3. The average Bonchev–Trinajstić information content (AvgIpc) is 3.43. The van der Waals surface area contributed by atoms with Gasteiger partial charge in [-0.2, -0.15) is 0 Å². The van der Waals surface area contributed by atoms with Crippen molar-refractivity contribution in [3.63, 3.8) is 0 Å². The van der Waals surface area contributed by atoms with E-state index in [4.69, 9.17) is 9.31 Å². The fraction of sp³-hybridized carbons (Fsp3) is 0.650. The van der Waals surface area contributed by atoms with Crippen LogP contribution in [0.4, 0.5) is 0 Å². The summed E-state index contributed by atoms with van der Waals surface area (Å²) in [5.74, 6) is 0. The highest BCUT2D eigenvalue weighted by Gasteiger charge is 2.51. The number of unbranched alkanes of at least 4 members (excludes halogenated alkanes) is 14. The molecule has 0 radical (unpaired) electrons. The van der Waals surface area contributed by atoms with Gasteiger partial charge < -0.3 is 9.31 Å². The van der Waals surface area contributed by atoms with Gasteiger partial charge in [0.2, 0.25) is 0 Å². The van der Waals surface area contributed by atoms with E-state index in [1.54, 1.807) is 5.57 Å². The minimum Gasteiger partial charge on any atom is -0.399 e. The van der Waals surface area contributed by atoms with Crippen molar-refractivity contribution in [2.45, 2.75) is 168 Å². The topological polar surface area (TPSA) is 18.5 Å². The molecule has 236 valence electrons. The summed E-state index contributed by atoms with van der Waals surface area (Å²) in [6.45, 7) is 13.2. The number of benzene rings is 2. The Kier molecular flexibility index (Phi) is 13.0. The fourth-order valence-corrected chi connectivity index (χ4v) is 6.91. The van der Waals surface area contributed by atoms with E-state index < -0.39 is 0 Å². The van der Waals surface area contributed by atoms with Gasteiger partial charge in [0.25, 0.3) is 0 Å². The molecule has 0 spiro atoms. The lowest BCUT2D eigenvalue weighted by molar-refractivity contribution is 0.00578. The summed E-state index contributed by atoms with van der Waals surface area (Å²) in [6.07, 6.45) is 24.3. The molecule has 0 aromatic heterocycles. The Morgan fingerprint density at radius 3 is 1.49 bits per heavy atom. The van der Waals surface area contributed by atoms with Gasteiger partial charge in [-0.3, -0.25) is 0 Å². The maximum Gasteiger partial charge on any atom is 0.494 e. The number of hydrogen-bond acceptors (Lipinski definition) is 2. The Hall–Kier alpha value is -1.84. The smallest absolute Gasteiger partial charge is 0.399 e. The summed E-state index contributed by atoms with van der Waals surface area (Å²) in [4.78, 5) is 0. The van der Waals surface area contributed by atoms with Crippen molar-refractivity contribution in [2.75, 3.05) is 0 Å². The molecule has 2 aromatic rings. The van der Waals surface area contributed by atoms with Gasteiger partial charge in [0.05, 0.1) is 11.2 Å². The van der Waals surface area contributed by atoms with Crippen LogP contribution in [0.2, 0.25) is 0 Å².